The molecule has 0 fully saturated rings. The highest BCUT2D eigenvalue weighted by molar-refractivity contribution is 7.09. The first-order chi connectivity index (χ1) is 12.3. The molecule has 0 aliphatic carbocycles. The zero-order valence-corrected chi connectivity index (χ0v) is 17.2. The fourth-order valence-corrected chi connectivity index (χ4v) is 3.22. The van der Waals surface area contributed by atoms with Gasteiger partial charge in [0.1, 0.15) is 16.5 Å². The third kappa shape index (κ3) is 6.62. The van der Waals surface area contributed by atoms with E-state index in [1.165, 1.54) is 16.9 Å². The molecule has 1 aromatic carbocycles. The van der Waals surface area contributed by atoms with Crippen LogP contribution in [-0.4, -0.2) is 20.4 Å². The van der Waals surface area contributed by atoms with E-state index >= 15 is 0 Å². The lowest BCUT2D eigenvalue weighted by atomic mass is 10.1. The number of amides is 1. The minimum Gasteiger partial charge on any atom is -0.343 e. The maximum atomic E-state index is 12.1. The number of aromatic nitrogens is 3. The number of imidazole rings is 1. The summed E-state index contributed by atoms with van der Waals surface area (Å²) < 4.78 is 2.08. The molecule has 2 aromatic heterocycles. The molecule has 2 heterocycles. The molecule has 3 N–H and O–H groups in total. The minimum atomic E-state index is -0.199. The lowest BCUT2D eigenvalue weighted by Crippen LogP contribution is -2.25. The van der Waals surface area contributed by atoms with Crippen LogP contribution >= 0.6 is 36.2 Å². The van der Waals surface area contributed by atoms with Crippen molar-refractivity contribution in [1.29, 1.82) is 0 Å². The van der Waals surface area contributed by atoms with Crippen molar-refractivity contribution in [1.82, 2.24) is 19.9 Å². The Hall–Kier alpha value is -1.93. The number of benzene rings is 1. The molecule has 6 nitrogen and oxygen atoms in total. The van der Waals surface area contributed by atoms with E-state index in [1.54, 1.807) is 11.6 Å². The van der Waals surface area contributed by atoms with Gasteiger partial charge in [0.2, 0.25) is 0 Å². The average molecular weight is 428 g/mol. The van der Waals surface area contributed by atoms with Gasteiger partial charge in [-0.3, -0.25) is 4.79 Å². The van der Waals surface area contributed by atoms with E-state index in [9.17, 15) is 4.79 Å². The Morgan fingerprint density at radius 2 is 2.00 bits per heavy atom. The van der Waals surface area contributed by atoms with Gasteiger partial charge < -0.3 is 15.6 Å². The molecule has 27 heavy (non-hydrogen) atoms. The van der Waals surface area contributed by atoms with Crippen LogP contribution in [0.2, 0.25) is 0 Å². The first-order valence-corrected chi connectivity index (χ1v) is 9.11. The average Bonchev–Trinajstić information content (AvgIpc) is 3.30. The lowest BCUT2D eigenvalue weighted by molar-refractivity contribution is 0.0945. The van der Waals surface area contributed by atoms with Crippen LogP contribution in [0.1, 0.15) is 33.3 Å². The smallest absolute Gasteiger partial charge is 0.271 e. The molecule has 1 amide bonds. The molecule has 3 aromatic rings. The monoisotopic (exact) mass is 427 g/mol. The van der Waals surface area contributed by atoms with Gasteiger partial charge in [-0.2, -0.15) is 0 Å². The van der Waals surface area contributed by atoms with E-state index in [4.69, 9.17) is 5.73 Å². The van der Waals surface area contributed by atoms with Crippen LogP contribution in [0.5, 0.6) is 0 Å². The molecule has 0 unspecified atom stereocenters. The summed E-state index contributed by atoms with van der Waals surface area (Å²) in [5.74, 6) is 0.644. The summed E-state index contributed by atoms with van der Waals surface area (Å²) in [5, 5.41) is 5.35. The Kier molecular flexibility index (Phi) is 10.0. The number of carbonyl (C=O) groups excluding carboxylic acids is 1. The van der Waals surface area contributed by atoms with Crippen LogP contribution in [0.15, 0.2) is 48.1 Å². The second-order valence-electron chi connectivity index (χ2n) is 5.64. The van der Waals surface area contributed by atoms with E-state index < -0.39 is 0 Å². The van der Waals surface area contributed by atoms with Gasteiger partial charge in [0.15, 0.2) is 0 Å². The molecule has 0 saturated carbocycles. The van der Waals surface area contributed by atoms with Gasteiger partial charge in [-0.15, -0.1) is 36.2 Å². The zero-order valence-electron chi connectivity index (χ0n) is 14.7. The minimum absolute atomic E-state index is 0. The molecule has 146 valence electrons. The van der Waals surface area contributed by atoms with Crippen molar-refractivity contribution in [3.05, 3.63) is 70.2 Å². The normalized spacial score (nSPS) is 9.96. The molecule has 0 aliphatic rings. The number of hydrogen-bond donors (Lipinski definition) is 2. The van der Waals surface area contributed by atoms with Crippen molar-refractivity contribution in [3.8, 4) is 0 Å². The molecule has 0 aliphatic heterocycles. The van der Waals surface area contributed by atoms with Gasteiger partial charge in [0.05, 0.1) is 6.54 Å². The Morgan fingerprint density at radius 3 is 2.70 bits per heavy atom. The molecule has 0 saturated heterocycles. The number of carbonyl (C=O) groups is 1. The summed E-state index contributed by atoms with van der Waals surface area (Å²) in [4.78, 5) is 20.7. The second kappa shape index (κ2) is 11.7. The van der Waals surface area contributed by atoms with Crippen LogP contribution < -0.4 is 11.1 Å². The molecule has 0 bridgehead atoms. The largest absolute Gasteiger partial charge is 0.343 e. The van der Waals surface area contributed by atoms with E-state index in [-0.39, 0.29) is 30.7 Å². The molecule has 0 atom stereocenters. The fraction of sp³-hybridized carbons (Fsp3) is 0.278. The van der Waals surface area contributed by atoms with E-state index in [0.29, 0.717) is 18.8 Å². The number of rotatable bonds is 8. The van der Waals surface area contributed by atoms with Gasteiger partial charge in [-0.1, -0.05) is 30.3 Å². The number of hydrogen-bond acceptors (Lipinski definition) is 5. The number of thiazole rings is 1. The first-order valence-electron chi connectivity index (χ1n) is 8.23. The second-order valence-corrected chi connectivity index (χ2v) is 6.58. The van der Waals surface area contributed by atoms with Crippen LogP contribution in [0.3, 0.4) is 0 Å². The van der Waals surface area contributed by atoms with Crippen molar-refractivity contribution >= 4 is 42.1 Å². The van der Waals surface area contributed by atoms with Crippen LogP contribution in [0.4, 0.5) is 0 Å². The van der Waals surface area contributed by atoms with Crippen molar-refractivity contribution < 1.29 is 4.79 Å². The maximum Gasteiger partial charge on any atom is 0.271 e. The number of halogens is 2. The van der Waals surface area contributed by atoms with Crippen LogP contribution in [-0.2, 0) is 26.1 Å². The highest BCUT2D eigenvalue weighted by Gasteiger charge is 2.11. The molecule has 9 heteroatoms. The molecule has 3 rings (SSSR count). The molecule has 0 radical (unpaired) electrons. The van der Waals surface area contributed by atoms with E-state index in [2.05, 4.69) is 44.1 Å². The topological polar surface area (TPSA) is 85.8 Å². The highest BCUT2D eigenvalue weighted by atomic mass is 35.5. The quantitative estimate of drug-likeness (QED) is 0.577. The van der Waals surface area contributed by atoms with Crippen LogP contribution in [0.25, 0.3) is 0 Å². The highest BCUT2D eigenvalue weighted by Crippen LogP contribution is 2.09. The Balaban J connectivity index is 0.00000182. The number of nitrogens with zero attached hydrogens (tertiary/aromatic N) is 3. The fourth-order valence-electron chi connectivity index (χ4n) is 2.57. The standard InChI is InChI=1S/C18H21N5OS.2ClH/c19-11-17-22-15(13-25-17)18(24)21-12-16-20-8-10-23(16)9-4-7-14-5-2-1-3-6-14;;/h1-3,5-6,8,10,13H,4,7,9,11-12,19H2,(H,21,24);2*1H. The number of nitrogens with one attached hydrogen (secondary N) is 1. The summed E-state index contributed by atoms with van der Waals surface area (Å²) in [5.41, 5.74) is 7.27. The summed E-state index contributed by atoms with van der Waals surface area (Å²) >= 11 is 1.40. The Labute approximate surface area is 175 Å². The molecular weight excluding hydrogens is 405 g/mol. The van der Waals surface area contributed by atoms with Gasteiger partial charge in [-0.05, 0) is 18.4 Å². The predicted octanol–water partition coefficient (Wildman–Crippen LogP) is 3.20. The summed E-state index contributed by atoms with van der Waals surface area (Å²) in [6.07, 6.45) is 5.75. The lowest BCUT2D eigenvalue weighted by Gasteiger charge is -2.08. The van der Waals surface area contributed by atoms with Crippen molar-refractivity contribution in [2.45, 2.75) is 32.5 Å². The van der Waals surface area contributed by atoms with Crippen LogP contribution in [0, 0.1) is 0 Å². The Morgan fingerprint density at radius 1 is 1.22 bits per heavy atom. The number of aryl methyl sites for hydroxylation is 2. The summed E-state index contributed by atoms with van der Waals surface area (Å²) in [6.45, 7) is 1.60. The SMILES string of the molecule is Cl.Cl.NCc1nc(C(=O)NCc2nccn2CCCc2ccccc2)cs1. The van der Waals surface area contributed by atoms with Gasteiger partial charge in [0, 0.05) is 30.9 Å². The zero-order chi connectivity index (χ0) is 17.5. The van der Waals surface area contributed by atoms with Gasteiger partial charge >= 0.3 is 0 Å². The van der Waals surface area contributed by atoms with Crippen molar-refractivity contribution in [3.63, 3.8) is 0 Å². The van der Waals surface area contributed by atoms with Crippen molar-refractivity contribution in [2.24, 2.45) is 5.73 Å². The van der Waals surface area contributed by atoms with Gasteiger partial charge in [-0.25, -0.2) is 9.97 Å². The Bertz CT molecular complexity index is 822. The summed E-state index contributed by atoms with van der Waals surface area (Å²) in [6, 6.07) is 10.4. The van der Waals surface area contributed by atoms with E-state index in [1.807, 2.05) is 12.3 Å². The first kappa shape index (κ1) is 23.1. The third-order valence-corrected chi connectivity index (χ3v) is 4.75. The van der Waals surface area contributed by atoms with Crippen molar-refractivity contribution in [2.75, 3.05) is 0 Å². The molecular formula is C18H23Cl2N5OS. The molecule has 0 spiro atoms. The summed E-state index contributed by atoms with van der Waals surface area (Å²) in [7, 11) is 0. The maximum absolute atomic E-state index is 12.1. The number of nitrogens with two attached hydrogens (primary N) is 1. The predicted molar refractivity (Wildman–Crippen MR) is 113 cm³/mol. The van der Waals surface area contributed by atoms with Gasteiger partial charge in [0.25, 0.3) is 5.91 Å². The third-order valence-electron chi connectivity index (χ3n) is 3.88. The van der Waals surface area contributed by atoms with E-state index in [0.717, 1.165) is 30.2 Å².